The van der Waals surface area contributed by atoms with Crippen molar-refractivity contribution in [2.24, 2.45) is 5.92 Å². The summed E-state index contributed by atoms with van der Waals surface area (Å²) in [6.07, 6.45) is 3.07. The van der Waals surface area contributed by atoms with Gasteiger partial charge in [0, 0.05) is 31.9 Å². The molecule has 1 aromatic carbocycles. The topological polar surface area (TPSA) is 67.7 Å². The summed E-state index contributed by atoms with van der Waals surface area (Å²) in [5.41, 5.74) is 1.09. The van der Waals surface area contributed by atoms with E-state index in [0.717, 1.165) is 0 Å². The smallest absolute Gasteiger partial charge is 0.409 e. The van der Waals surface area contributed by atoms with Gasteiger partial charge in [-0.1, -0.05) is 25.6 Å². The van der Waals surface area contributed by atoms with Gasteiger partial charge in [-0.05, 0) is 36.4 Å². The molecule has 2 amide bonds. The quantitative estimate of drug-likeness (QED) is 0.695. The Labute approximate surface area is 173 Å². The molecule has 0 spiro atoms. The number of hydrogen-bond donors (Lipinski definition) is 0. The van der Waals surface area contributed by atoms with Gasteiger partial charge in [0.2, 0.25) is 0 Å². The lowest BCUT2D eigenvalue weighted by Crippen LogP contribution is -2.51. The predicted octanol–water partition coefficient (Wildman–Crippen LogP) is 3.28. The zero-order valence-corrected chi connectivity index (χ0v) is 17.6. The number of piperazine rings is 1. The van der Waals surface area contributed by atoms with Crippen molar-refractivity contribution in [1.82, 2.24) is 19.4 Å². The van der Waals surface area contributed by atoms with E-state index in [9.17, 15) is 14.0 Å². The average Bonchev–Trinajstić information content (AvgIpc) is 3.16. The third kappa shape index (κ3) is 4.90. The molecule has 7 nitrogen and oxygen atoms in total. The van der Waals surface area contributed by atoms with Gasteiger partial charge in [0.05, 0.1) is 12.8 Å². The summed E-state index contributed by atoms with van der Waals surface area (Å²) in [7, 11) is 0. The molecule has 1 fully saturated rings. The molecule has 156 valence electrons. The van der Waals surface area contributed by atoms with Gasteiger partial charge in [-0.15, -0.1) is 0 Å². The fourth-order valence-electron chi connectivity index (χ4n) is 3.05. The lowest BCUT2D eigenvalue weighted by Gasteiger charge is -2.34. The first-order valence-electron chi connectivity index (χ1n) is 9.49. The Hall–Kier alpha value is -2.55. The molecular formula is C20H25FN4O3S. The summed E-state index contributed by atoms with van der Waals surface area (Å²) in [5, 5.41) is 0.649. The number of benzene rings is 1. The predicted molar refractivity (Wildman–Crippen MR) is 109 cm³/mol. The molecule has 2 aromatic rings. The van der Waals surface area contributed by atoms with E-state index < -0.39 is 0 Å². The largest absolute Gasteiger partial charge is 0.449 e. The maximum Gasteiger partial charge on any atom is 0.409 e. The highest BCUT2D eigenvalue weighted by molar-refractivity contribution is 7.98. The SMILES string of the molecule is CSc1ncc(C(=O)N2CCN(C(=O)OCC(C)C)CC2)n1-c1ccc(F)cc1. The Bertz CT molecular complexity index is 861. The second kappa shape index (κ2) is 9.30. The minimum atomic E-state index is -0.341. The maximum absolute atomic E-state index is 13.3. The number of imidazole rings is 1. The molecule has 2 heterocycles. The molecule has 1 aliphatic rings. The number of nitrogens with zero attached hydrogens (tertiary/aromatic N) is 4. The molecule has 3 rings (SSSR count). The first-order valence-corrected chi connectivity index (χ1v) is 10.7. The number of rotatable bonds is 5. The Morgan fingerprint density at radius 2 is 1.76 bits per heavy atom. The fraction of sp³-hybridized carbons (Fsp3) is 0.450. The van der Waals surface area contributed by atoms with E-state index in [1.807, 2.05) is 20.1 Å². The van der Waals surface area contributed by atoms with Crippen LogP contribution in [0.1, 0.15) is 24.3 Å². The van der Waals surface area contributed by atoms with E-state index in [2.05, 4.69) is 4.98 Å². The molecule has 0 N–H and O–H groups in total. The molecule has 29 heavy (non-hydrogen) atoms. The van der Waals surface area contributed by atoms with Crippen LogP contribution in [-0.2, 0) is 4.74 Å². The zero-order valence-electron chi connectivity index (χ0n) is 16.8. The van der Waals surface area contributed by atoms with Crippen molar-refractivity contribution in [3.63, 3.8) is 0 Å². The molecule has 0 bridgehead atoms. The summed E-state index contributed by atoms with van der Waals surface area (Å²) in [4.78, 5) is 32.9. The van der Waals surface area contributed by atoms with Crippen molar-refractivity contribution in [3.05, 3.63) is 42.0 Å². The normalized spacial score (nSPS) is 14.4. The number of hydrogen-bond acceptors (Lipinski definition) is 5. The molecule has 1 saturated heterocycles. The Morgan fingerprint density at radius 1 is 1.14 bits per heavy atom. The number of ether oxygens (including phenoxy) is 1. The van der Waals surface area contributed by atoms with E-state index in [1.54, 1.807) is 32.7 Å². The number of amides is 2. The minimum Gasteiger partial charge on any atom is -0.449 e. The van der Waals surface area contributed by atoms with Crippen LogP contribution in [0.4, 0.5) is 9.18 Å². The highest BCUT2D eigenvalue weighted by Gasteiger charge is 2.28. The molecule has 1 aromatic heterocycles. The number of aromatic nitrogens is 2. The van der Waals surface area contributed by atoms with E-state index in [4.69, 9.17) is 4.74 Å². The lowest BCUT2D eigenvalue weighted by molar-refractivity contribution is 0.0529. The van der Waals surface area contributed by atoms with Gasteiger partial charge >= 0.3 is 6.09 Å². The number of carbonyl (C=O) groups is 2. The highest BCUT2D eigenvalue weighted by Crippen LogP contribution is 2.23. The average molecular weight is 421 g/mol. The van der Waals surface area contributed by atoms with Crippen LogP contribution in [0.2, 0.25) is 0 Å². The van der Waals surface area contributed by atoms with E-state index >= 15 is 0 Å². The van der Waals surface area contributed by atoms with Crippen LogP contribution in [0.15, 0.2) is 35.6 Å². The molecule has 0 radical (unpaired) electrons. The Morgan fingerprint density at radius 3 is 2.34 bits per heavy atom. The van der Waals surface area contributed by atoms with Crippen LogP contribution in [-0.4, -0.2) is 70.4 Å². The molecule has 0 saturated carbocycles. The first-order chi connectivity index (χ1) is 13.9. The maximum atomic E-state index is 13.3. The van der Waals surface area contributed by atoms with Gasteiger partial charge in [-0.3, -0.25) is 9.36 Å². The molecule has 9 heteroatoms. The van der Waals surface area contributed by atoms with Crippen LogP contribution in [0, 0.1) is 11.7 Å². The second-order valence-corrected chi connectivity index (χ2v) is 7.97. The van der Waals surface area contributed by atoms with E-state index in [0.29, 0.717) is 49.3 Å². The Kier molecular flexibility index (Phi) is 6.79. The summed E-state index contributed by atoms with van der Waals surface area (Å²) in [5.74, 6) is -0.232. The number of halogens is 1. The van der Waals surface area contributed by atoms with Crippen molar-refractivity contribution in [2.45, 2.75) is 19.0 Å². The van der Waals surface area contributed by atoms with Crippen LogP contribution in [0.25, 0.3) is 5.69 Å². The van der Waals surface area contributed by atoms with Crippen molar-refractivity contribution in [1.29, 1.82) is 0 Å². The molecular weight excluding hydrogens is 395 g/mol. The van der Waals surface area contributed by atoms with Gasteiger partial charge in [-0.2, -0.15) is 0 Å². The summed E-state index contributed by atoms with van der Waals surface area (Å²) in [6.45, 7) is 6.02. The van der Waals surface area contributed by atoms with Crippen molar-refractivity contribution >= 4 is 23.8 Å². The van der Waals surface area contributed by atoms with Crippen LogP contribution in [0.5, 0.6) is 0 Å². The fourth-order valence-corrected chi connectivity index (χ4v) is 3.60. The summed E-state index contributed by atoms with van der Waals surface area (Å²) < 4.78 is 20.3. The van der Waals surface area contributed by atoms with Crippen molar-refractivity contribution in [2.75, 3.05) is 39.0 Å². The molecule has 1 aliphatic heterocycles. The Balaban J connectivity index is 1.71. The third-order valence-corrected chi connectivity index (χ3v) is 5.23. The summed E-state index contributed by atoms with van der Waals surface area (Å²) in [6, 6.07) is 5.96. The van der Waals surface area contributed by atoms with Crippen molar-refractivity contribution in [3.8, 4) is 5.69 Å². The van der Waals surface area contributed by atoms with Gasteiger partial charge in [-0.25, -0.2) is 14.2 Å². The van der Waals surface area contributed by atoms with E-state index in [1.165, 1.54) is 23.9 Å². The lowest BCUT2D eigenvalue weighted by atomic mass is 10.2. The van der Waals surface area contributed by atoms with Crippen molar-refractivity contribution < 1.29 is 18.7 Å². The van der Waals surface area contributed by atoms with Gasteiger partial charge < -0.3 is 14.5 Å². The third-order valence-electron chi connectivity index (χ3n) is 4.58. The standard InChI is InChI=1S/C20H25FN4O3S/c1-14(2)13-28-20(27)24-10-8-23(9-11-24)18(26)17-12-22-19(29-3)25(17)16-6-4-15(21)5-7-16/h4-7,12,14H,8-11,13H2,1-3H3. The van der Waals surface area contributed by atoms with E-state index in [-0.39, 0.29) is 23.7 Å². The first kappa shape index (κ1) is 21.2. The summed E-state index contributed by atoms with van der Waals surface area (Å²) >= 11 is 1.41. The van der Waals surface area contributed by atoms with Gasteiger partial charge in [0.1, 0.15) is 11.5 Å². The van der Waals surface area contributed by atoms with Crippen LogP contribution >= 0.6 is 11.8 Å². The van der Waals surface area contributed by atoms with Crippen LogP contribution in [0.3, 0.4) is 0 Å². The second-order valence-electron chi connectivity index (χ2n) is 7.19. The van der Waals surface area contributed by atoms with Crippen LogP contribution < -0.4 is 0 Å². The highest BCUT2D eigenvalue weighted by atomic mass is 32.2. The minimum absolute atomic E-state index is 0.169. The monoisotopic (exact) mass is 420 g/mol. The molecule has 0 unspecified atom stereocenters. The zero-order chi connectivity index (χ0) is 21.0. The molecule has 0 aliphatic carbocycles. The number of carbonyl (C=O) groups excluding carboxylic acids is 2. The molecule has 0 atom stereocenters. The van der Waals surface area contributed by atoms with Gasteiger partial charge in [0.25, 0.3) is 5.91 Å². The van der Waals surface area contributed by atoms with Gasteiger partial charge in [0.15, 0.2) is 5.16 Å². The number of thioether (sulfide) groups is 1.